The first-order valence-electron chi connectivity index (χ1n) is 8.77. The van der Waals surface area contributed by atoms with Crippen LogP contribution in [0.5, 0.6) is 11.5 Å². The summed E-state index contributed by atoms with van der Waals surface area (Å²) in [6.07, 6.45) is 0. The third-order valence-electron chi connectivity index (χ3n) is 3.94. The summed E-state index contributed by atoms with van der Waals surface area (Å²) in [5.41, 5.74) is 1.45. The van der Waals surface area contributed by atoms with Crippen LogP contribution in [-0.2, 0) is 6.54 Å². The molecule has 6 nitrogen and oxygen atoms in total. The summed E-state index contributed by atoms with van der Waals surface area (Å²) < 4.78 is 48.5. The Morgan fingerprint density at radius 2 is 1.97 bits per heavy atom. The lowest BCUT2D eigenvalue weighted by Crippen LogP contribution is -2.24. The normalized spacial score (nSPS) is 10.8. The summed E-state index contributed by atoms with van der Waals surface area (Å²) in [6, 6.07) is 11.5. The molecule has 29 heavy (non-hydrogen) atoms. The van der Waals surface area contributed by atoms with Crippen molar-refractivity contribution >= 4 is 5.91 Å². The van der Waals surface area contributed by atoms with Gasteiger partial charge in [-0.15, -0.1) is 0 Å². The molecule has 0 bridgehead atoms. The number of nitrogens with zero attached hydrogens (tertiary/aromatic N) is 1. The zero-order valence-electron chi connectivity index (χ0n) is 15.4. The zero-order valence-corrected chi connectivity index (χ0v) is 15.4. The lowest BCUT2D eigenvalue weighted by atomic mass is 10.1. The largest absolute Gasteiger partial charge is 0.493 e. The minimum atomic E-state index is -3.04. The number of benzene rings is 2. The molecule has 0 atom stereocenters. The Morgan fingerprint density at radius 1 is 1.17 bits per heavy atom. The second-order valence-corrected chi connectivity index (χ2v) is 5.90. The molecule has 0 fully saturated rings. The number of halogens is 3. The highest BCUT2D eigenvalue weighted by atomic mass is 19.3. The maximum atomic E-state index is 13.6. The second-order valence-electron chi connectivity index (χ2n) is 5.90. The lowest BCUT2D eigenvalue weighted by molar-refractivity contribution is -0.0501. The molecule has 2 N–H and O–H groups in total. The standard InChI is InChI=1S/C20H18F3N3O3/c1-2-28-17-8-7-12(21)9-15(17)16-10-13(25-26-16)11-24-19(27)14-5-3-4-6-18(14)29-20(22)23/h3-10,20H,2,11H2,1H3,(H,24,27)(H,25,26). The molecule has 0 saturated heterocycles. The van der Waals surface area contributed by atoms with Crippen LogP contribution in [0, 0.1) is 5.82 Å². The van der Waals surface area contributed by atoms with Gasteiger partial charge in [-0.2, -0.15) is 13.9 Å². The van der Waals surface area contributed by atoms with Crippen molar-refractivity contribution in [1.29, 1.82) is 0 Å². The fraction of sp³-hybridized carbons (Fsp3) is 0.200. The van der Waals surface area contributed by atoms with Gasteiger partial charge in [0.2, 0.25) is 0 Å². The number of carbonyl (C=O) groups excluding carboxylic acids is 1. The monoisotopic (exact) mass is 405 g/mol. The molecule has 1 amide bonds. The third-order valence-corrected chi connectivity index (χ3v) is 3.94. The van der Waals surface area contributed by atoms with E-state index in [2.05, 4.69) is 20.3 Å². The summed E-state index contributed by atoms with van der Waals surface area (Å²) in [5.74, 6) is -0.745. The van der Waals surface area contributed by atoms with Gasteiger partial charge in [0.25, 0.3) is 5.91 Å². The fourth-order valence-corrected chi connectivity index (χ4v) is 2.70. The van der Waals surface area contributed by atoms with Crippen molar-refractivity contribution in [3.8, 4) is 22.8 Å². The van der Waals surface area contributed by atoms with E-state index in [-0.39, 0.29) is 17.9 Å². The van der Waals surface area contributed by atoms with E-state index in [1.165, 1.54) is 36.4 Å². The molecule has 0 saturated carbocycles. The van der Waals surface area contributed by atoms with Gasteiger partial charge in [-0.25, -0.2) is 4.39 Å². The highest BCUT2D eigenvalue weighted by molar-refractivity contribution is 5.96. The number of H-pyrrole nitrogens is 1. The molecule has 3 rings (SSSR count). The molecular weight excluding hydrogens is 387 g/mol. The van der Waals surface area contributed by atoms with Crippen molar-refractivity contribution in [2.24, 2.45) is 0 Å². The Morgan fingerprint density at radius 3 is 2.72 bits per heavy atom. The number of aromatic amines is 1. The highest BCUT2D eigenvalue weighted by Crippen LogP contribution is 2.30. The number of ether oxygens (including phenoxy) is 2. The number of nitrogens with one attached hydrogen (secondary N) is 2. The zero-order chi connectivity index (χ0) is 20.8. The summed E-state index contributed by atoms with van der Waals surface area (Å²) in [7, 11) is 0. The van der Waals surface area contributed by atoms with E-state index in [4.69, 9.17) is 4.74 Å². The van der Waals surface area contributed by atoms with E-state index < -0.39 is 18.3 Å². The van der Waals surface area contributed by atoms with Gasteiger partial charge in [0.05, 0.1) is 30.1 Å². The van der Waals surface area contributed by atoms with Crippen LogP contribution in [0.25, 0.3) is 11.3 Å². The Labute approximate surface area is 164 Å². The molecule has 0 aliphatic heterocycles. The number of amides is 1. The third kappa shape index (κ3) is 5.07. The van der Waals surface area contributed by atoms with Crippen LogP contribution in [0.2, 0.25) is 0 Å². The summed E-state index contributed by atoms with van der Waals surface area (Å²) in [5, 5.41) is 9.46. The van der Waals surface area contributed by atoms with Gasteiger partial charge in [-0.3, -0.25) is 9.89 Å². The second kappa shape index (κ2) is 9.13. The molecule has 152 valence electrons. The molecule has 3 aromatic rings. The van der Waals surface area contributed by atoms with Crippen LogP contribution < -0.4 is 14.8 Å². The van der Waals surface area contributed by atoms with Gasteiger partial charge in [-0.05, 0) is 43.3 Å². The molecule has 0 unspecified atom stereocenters. The summed E-state index contributed by atoms with van der Waals surface area (Å²) in [6.45, 7) is -0.784. The quantitative estimate of drug-likeness (QED) is 0.591. The van der Waals surface area contributed by atoms with Crippen molar-refractivity contribution in [2.75, 3.05) is 6.61 Å². The van der Waals surface area contributed by atoms with E-state index in [1.807, 2.05) is 6.92 Å². The highest BCUT2D eigenvalue weighted by Gasteiger charge is 2.16. The van der Waals surface area contributed by atoms with Crippen LogP contribution in [0.4, 0.5) is 13.2 Å². The SMILES string of the molecule is CCOc1ccc(F)cc1-c1cc(CNC(=O)c2ccccc2OC(F)F)n[nH]1. The number of aromatic nitrogens is 2. The molecule has 1 heterocycles. The van der Waals surface area contributed by atoms with Crippen molar-refractivity contribution in [2.45, 2.75) is 20.1 Å². The minimum Gasteiger partial charge on any atom is -0.493 e. The average molecular weight is 405 g/mol. The lowest BCUT2D eigenvalue weighted by Gasteiger charge is -2.10. The molecule has 0 aliphatic carbocycles. The van der Waals surface area contributed by atoms with Gasteiger partial charge in [0.15, 0.2) is 0 Å². The van der Waals surface area contributed by atoms with Gasteiger partial charge in [-0.1, -0.05) is 12.1 Å². The van der Waals surface area contributed by atoms with Crippen LogP contribution >= 0.6 is 0 Å². The Bertz CT molecular complexity index is 992. The van der Waals surface area contributed by atoms with E-state index in [0.717, 1.165) is 0 Å². The summed E-state index contributed by atoms with van der Waals surface area (Å²) in [4.78, 5) is 12.3. The van der Waals surface area contributed by atoms with Crippen molar-refractivity contribution in [1.82, 2.24) is 15.5 Å². The average Bonchev–Trinajstić information content (AvgIpc) is 3.16. The van der Waals surface area contributed by atoms with Crippen LogP contribution in [0.15, 0.2) is 48.5 Å². The van der Waals surface area contributed by atoms with Crippen LogP contribution in [0.3, 0.4) is 0 Å². The molecule has 2 aromatic carbocycles. The molecule has 9 heteroatoms. The van der Waals surface area contributed by atoms with Gasteiger partial charge >= 0.3 is 6.61 Å². The first-order valence-corrected chi connectivity index (χ1v) is 8.77. The van der Waals surface area contributed by atoms with Gasteiger partial charge in [0.1, 0.15) is 17.3 Å². The Hall–Kier alpha value is -3.49. The van der Waals surface area contributed by atoms with Crippen molar-refractivity contribution in [3.63, 3.8) is 0 Å². The maximum Gasteiger partial charge on any atom is 0.387 e. The van der Waals surface area contributed by atoms with Gasteiger partial charge in [0, 0.05) is 5.56 Å². The minimum absolute atomic E-state index is 0.0210. The van der Waals surface area contributed by atoms with E-state index in [1.54, 1.807) is 12.1 Å². The number of para-hydroxylation sites is 1. The van der Waals surface area contributed by atoms with E-state index >= 15 is 0 Å². The molecular formula is C20H18F3N3O3. The van der Waals surface area contributed by atoms with Crippen LogP contribution in [-0.4, -0.2) is 29.3 Å². The van der Waals surface area contributed by atoms with E-state index in [9.17, 15) is 18.0 Å². The summed E-state index contributed by atoms with van der Waals surface area (Å²) >= 11 is 0. The number of alkyl halides is 2. The fourth-order valence-electron chi connectivity index (χ4n) is 2.70. The number of hydrogen-bond donors (Lipinski definition) is 2. The number of rotatable bonds is 8. The molecule has 0 aliphatic rings. The predicted molar refractivity (Wildman–Crippen MR) is 99.4 cm³/mol. The Balaban J connectivity index is 1.72. The predicted octanol–water partition coefficient (Wildman–Crippen LogP) is 4.15. The molecule has 0 radical (unpaired) electrons. The number of carbonyl (C=O) groups is 1. The first kappa shape index (κ1) is 20.2. The Kier molecular flexibility index (Phi) is 6.38. The smallest absolute Gasteiger partial charge is 0.387 e. The van der Waals surface area contributed by atoms with Gasteiger partial charge < -0.3 is 14.8 Å². The first-order chi connectivity index (χ1) is 14.0. The molecule has 1 aromatic heterocycles. The topological polar surface area (TPSA) is 76.2 Å². The van der Waals surface area contributed by atoms with E-state index in [0.29, 0.717) is 29.3 Å². The van der Waals surface area contributed by atoms with Crippen LogP contribution in [0.1, 0.15) is 23.0 Å². The maximum absolute atomic E-state index is 13.6. The van der Waals surface area contributed by atoms with Crippen molar-refractivity contribution in [3.05, 3.63) is 65.6 Å². The number of hydrogen-bond acceptors (Lipinski definition) is 4. The molecule has 0 spiro atoms. The van der Waals surface area contributed by atoms with Crippen molar-refractivity contribution < 1.29 is 27.4 Å².